The number of rotatable bonds is 3. The fourth-order valence-electron chi connectivity index (χ4n) is 2.69. The highest BCUT2D eigenvalue weighted by molar-refractivity contribution is 6.30. The van der Waals surface area contributed by atoms with Crippen molar-refractivity contribution >= 4 is 40.3 Å². The lowest BCUT2D eigenvalue weighted by Gasteiger charge is -2.09. The maximum atomic E-state index is 13.0. The second-order valence-electron chi connectivity index (χ2n) is 5.87. The molecule has 6 heteroatoms. The Hall–Kier alpha value is -2.95. The molecule has 4 nitrogen and oxygen atoms in total. The van der Waals surface area contributed by atoms with Crippen LogP contribution in [0.3, 0.4) is 0 Å². The van der Waals surface area contributed by atoms with Gasteiger partial charge in [0.05, 0.1) is 17.1 Å². The Bertz CT molecular complexity index is 1200. The van der Waals surface area contributed by atoms with Gasteiger partial charge in [0.2, 0.25) is 0 Å². The maximum absolute atomic E-state index is 13.0. The first-order chi connectivity index (χ1) is 13.1. The highest BCUT2D eigenvalue weighted by atomic mass is 35.5. The predicted octanol–water partition coefficient (Wildman–Crippen LogP) is 5.25. The first-order valence-electron chi connectivity index (χ1n) is 8.19. The summed E-state index contributed by atoms with van der Waals surface area (Å²) in [5.41, 5.74) is 1.94. The molecule has 0 bridgehead atoms. The summed E-state index contributed by atoms with van der Waals surface area (Å²) in [5.74, 6) is 0.445. The molecule has 0 N–H and O–H groups in total. The van der Waals surface area contributed by atoms with Crippen LogP contribution in [0.2, 0.25) is 10.0 Å². The van der Waals surface area contributed by atoms with Crippen molar-refractivity contribution in [3.8, 4) is 11.4 Å². The summed E-state index contributed by atoms with van der Waals surface area (Å²) in [5, 5.41) is 6.15. The number of fused-ring (bicyclic) bond motifs is 1. The van der Waals surface area contributed by atoms with E-state index in [9.17, 15) is 4.79 Å². The standard InChI is InChI=1S/C21H13Cl2N3O/c22-16-9-5-14(6-10-16)13-24-26-20(15-7-11-17(23)12-8-15)25-19-4-2-1-3-18(19)21(26)27/h1-13H. The highest BCUT2D eigenvalue weighted by Crippen LogP contribution is 2.21. The monoisotopic (exact) mass is 393 g/mol. The van der Waals surface area contributed by atoms with E-state index in [0.717, 1.165) is 11.1 Å². The third-order valence-corrected chi connectivity index (χ3v) is 4.55. The molecule has 132 valence electrons. The van der Waals surface area contributed by atoms with Gasteiger partial charge in [0.25, 0.3) is 5.56 Å². The van der Waals surface area contributed by atoms with Crippen molar-refractivity contribution in [2.24, 2.45) is 5.10 Å². The van der Waals surface area contributed by atoms with Gasteiger partial charge in [0, 0.05) is 15.6 Å². The van der Waals surface area contributed by atoms with E-state index in [1.807, 2.05) is 36.4 Å². The molecule has 4 rings (SSSR count). The summed E-state index contributed by atoms with van der Waals surface area (Å²) in [4.78, 5) is 17.7. The normalized spacial score (nSPS) is 11.3. The molecule has 0 unspecified atom stereocenters. The number of aromatic nitrogens is 2. The fourth-order valence-corrected chi connectivity index (χ4v) is 2.94. The molecule has 0 amide bonds. The van der Waals surface area contributed by atoms with Gasteiger partial charge in [-0.05, 0) is 54.1 Å². The summed E-state index contributed by atoms with van der Waals surface area (Å²) in [7, 11) is 0. The smallest absolute Gasteiger partial charge is 0.267 e. The molecule has 4 aromatic rings. The SMILES string of the molecule is O=c1c2ccccc2nc(-c2ccc(Cl)cc2)n1N=Cc1ccc(Cl)cc1. The van der Waals surface area contributed by atoms with Crippen molar-refractivity contribution in [3.63, 3.8) is 0 Å². The number of para-hydroxylation sites is 1. The van der Waals surface area contributed by atoms with Gasteiger partial charge >= 0.3 is 0 Å². The van der Waals surface area contributed by atoms with Crippen LogP contribution < -0.4 is 5.56 Å². The highest BCUT2D eigenvalue weighted by Gasteiger charge is 2.12. The van der Waals surface area contributed by atoms with Gasteiger partial charge in [-0.2, -0.15) is 9.78 Å². The Balaban J connectivity index is 1.92. The predicted molar refractivity (Wildman–Crippen MR) is 111 cm³/mol. The molecule has 0 atom stereocenters. The Morgan fingerprint density at radius 1 is 0.852 bits per heavy atom. The van der Waals surface area contributed by atoms with Crippen molar-refractivity contribution in [1.29, 1.82) is 0 Å². The van der Waals surface area contributed by atoms with Crippen LogP contribution in [0, 0.1) is 0 Å². The Morgan fingerprint density at radius 2 is 1.48 bits per heavy atom. The Kier molecular flexibility index (Phi) is 4.75. The van der Waals surface area contributed by atoms with Gasteiger partial charge in [0.1, 0.15) is 0 Å². The zero-order chi connectivity index (χ0) is 18.8. The molecule has 0 fully saturated rings. The summed E-state index contributed by atoms with van der Waals surface area (Å²) in [6.07, 6.45) is 1.60. The van der Waals surface area contributed by atoms with Crippen LogP contribution in [0.1, 0.15) is 5.56 Å². The first kappa shape index (κ1) is 17.5. The van der Waals surface area contributed by atoms with Crippen LogP contribution in [-0.4, -0.2) is 15.9 Å². The maximum Gasteiger partial charge on any atom is 0.282 e. The molecule has 0 saturated heterocycles. The van der Waals surface area contributed by atoms with E-state index < -0.39 is 0 Å². The average Bonchev–Trinajstić information content (AvgIpc) is 2.69. The number of hydrogen-bond donors (Lipinski definition) is 0. The molecular weight excluding hydrogens is 381 g/mol. The molecule has 0 spiro atoms. The van der Waals surface area contributed by atoms with Crippen LogP contribution in [0.5, 0.6) is 0 Å². The van der Waals surface area contributed by atoms with Gasteiger partial charge in [0.15, 0.2) is 5.82 Å². The van der Waals surface area contributed by atoms with E-state index in [2.05, 4.69) is 10.1 Å². The minimum absolute atomic E-state index is 0.240. The topological polar surface area (TPSA) is 47.2 Å². The quantitative estimate of drug-likeness (QED) is 0.446. The molecule has 0 aliphatic rings. The molecule has 1 aromatic heterocycles. The average molecular weight is 394 g/mol. The van der Waals surface area contributed by atoms with E-state index in [0.29, 0.717) is 26.8 Å². The summed E-state index contributed by atoms with van der Waals surface area (Å²) >= 11 is 11.9. The van der Waals surface area contributed by atoms with Gasteiger partial charge in [-0.15, -0.1) is 0 Å². The Morgan fingerprint density at radius 3 is 2.19 bits per heavy atom. The van der Waals surface area contributed by atoms with E-state index >= 15 is 0 Å². The minimum Gasteiger partial charge on any atom is -0.267 e. The number of benzene rings is 3. The molecule has 0 aliphatic heterocycles. The second kappa shape index (κ2) is 7.35. The molecular formula is C21H13Cl2N3O. The fraction of sp³-hybridized carbons (Fsp3) is 0. The van der Waals surface area contributed by atoms with Crippen LogP contribution in [-0.2, 0) is 0 Å². The Labute approximate surface area is 165 Å². The summed E-state index contributed by atoms with van der Waals surface area (Å²) in [6, 6.07) is 21.5. The van der Waals surface area contributed by atoms with Gasteiger partial charge < -0.3 is 0 Å². The first-order valence-corrected chi connectivity index (χ1v) is 8.95. The molecule has 3 aromatic carbocycles. The number of nitrogens with zero attached hydrogens (tertiary/aromatic N) is 3. The number of halogens is 2. The van der Waals surface area contributed by atoms with E-state index in [1.54, 1.807) is 42.6 Å². The van der Waals surface area contributed by atoms with Gasteiger partial charge in [-0.1, -0.05) is 47.5 Å². The number of hydrogen-bond acceptors (Lipinski definition) is 3. The third-order valence-electron chi connectivity index (χ3n) is 4.05. The van der Waals surface area contributed by atoms with Gasteiger partial charge in [-0.25, -0.2) is 4.98 Å². The summed E-state index contributed by atoms with van der Waals surface area (Å²) in [6.45, 7) is 0. The van der Waals surface area contributed by atoms with Crippen molar-refractivity contribution in [3.05, 3.63) is 98.8 Å². The second-order valence-corrected chi connectivity index (χ2v) is 6.75. The largest absolute Gasteiger partial charge is 0.282 e. The van der Waals surface area contributed by atoms with E-state index in [-0.39, 0.29) is 5.56 Å². The molecule has 0 aliphatic carbocycles. The van der Waals surface area contributed by atoms with Gasteiger partial charge in [-0.3, -0.25) is 4.79 Å². The van der Waals surface area contributed by atoms with Crippen molar-refractivity contribution in [2.45, 2.75) is 0 Å². The van der Waals surface area contributed by atoms with Crippen LogP contribution >= 0.6 is 23.2 Å². The van der Waals surface area contributed by atoms with Crippen molar-refractivity contribution in [1.82, 2.24) is 9.66 Å². The lowest BCUT2D eigenvalue weighted by molar-refractivity contribution is 0.830. The zero-order valence-corrected chi connectivity index (χ0v) is 15.5. The van der Waals surface area contributed by atoms with E-state index in [4.69, 9.17) is 23.2 Å². The van der Waals surface area contributed by atoms with Crippen LogP contribution in [0.4, 0.5) is 0 Å². The third kappa shape index (κ3) is 3.63. The zero-order valence-electron chi connectivity index (χ0n) is 14.0. The molecule has 0 radical (unpaired) electrons. The lowest BCUT2D eigenvalue weighted by Crippen LogP contribution is -2.20. The van der Waals surface area contributed by atoms with Crippen LogP contribution in [0.15, 0.2) is 82.7 Å². The minimum atomic E-state index is -0.240. The molecule has 1 heterocycles. The van der Waals surface area contributed by atoms with Crippen molar-refractivity contribution < 1.29 is 0 Å². The van der Waals surface area contributed by atoms with E-state index in [1.165, 1.54) is 4.68 Å². The van der Waals surface area contributed by atoms with Crippen molar-refractivity contribution in [2.75, 3.05) is 0 Å². The molecule has 27 heavy (non-hydrogen) atoms. The molecule has 0 saturated carbocycles. The lowest BCUT2D eigenvalue weighted by atomic mass is 10.2. The van der Waals surface area contributed by atoms with Crippen LogP contribution in [0.25, 0.3) is 22.3 Å². The summed E-state index contributed by atoms with van der Waals surface area (Å²) < 4.78 is 1.31.